The van der Waals surface area contributed by atoms with E-state index in [0.29, 0.717) is 36.8 Å². The van der Waals surface area contributed by atoms with Crippen LogP contribution in [-0.2, 0) is 11.3 Å². The topological polar surface area (TPSA) is 67.6 Å². The van der Waals surface area contributed by atoms with Crippen LogP contribution in [0.5, 0.6) is 0 Å². The number of carbonyl (C=O) groups is 1. The zero-order valence-electron chi connectivity index (χ0n) is 13.6. The van der Waals surface area contributed by atoms with Gasteiger partial charge in [-0.2, -0.15) is 5.10 Å². The number of hydrogen-bond donors (Lipinski definition) is 1. The van der Waals surface area contributed by atoms with Crippen LogP contribution >= 0.6 is 11.6 Å². The quantitative estimate of drug-likeness (QED) is 0.914. The van der Waals surface area contributed by atoms with Gasteiger partial charge in [0.2, 0.25) is 0 Å². The number of methoxy groups -OCH3 is 1. The third-order valence-corrected chi connectivity index (χ3v) is 4.89. The van der Waals surface area contributed by atoms with Gasteiger partial charge in [-0.25, -0.2) is 0 Å². The minimum absolute atomic E-state index is 0.142. The first-order valence-corrected chi connectivity index (χ1v) is 7.85. The van der Waals surface area contributed by atoms with Gasteiger partial charge in [-0.1, -0.05) is 25.4 Å². The van der Waals surface area contributed by atoms with Gasteiger partial charge < -0.3 is 14.7 Å². The van der Waals surface area contributed by atoms with Crippen LogP contribution in [0.3, 0.4) is 0 Å². The average molecular weight is 330 g/mol. The van der Waals surface area contributed by atoms with E-state index in [4.69, 9.17) is 16.3 Å². The number of carbonyl (C=O) groups excluding carboxylic acids is 1. The van der Waals surface area contributed by atoms with Gasteiger partial charge in [0.1, 0.15) is 5.69 Å². The summed E-state index contributed by atoms with van der Waals surface area (Å²) in [6.45, 7) is 7.56. The molecule has 0 spiro atoms. The predicted molar refractivity (Wildman–Crippen MR) is 84.0 cm³/mol. The Balaban J connectivity index is 2.22. The number of hydrogen-bond acceptors (Lipinski definition) is 4. The molecule has 1 aliphatic heterocycles. The Morgan fingerprint density at radius 3 is 2.77 bits per heavy atom. The van der Waals surface area contributed by atoms with E-state index in [1.807, 2.05) is 20.8 Å². The van der Waals surface area contributed by atoms with Crippen molar-refractivity contribution < 1.29 is 14.6 Å². The first-order valence-electron chi connectivity index (χ1n) is 7.47. The Labute approximate surface area is 136 Å². The highest BCUT2D eigenvalue weighted by molar-refractivity contribution is 6.33. The summed E-state index contributed by atoms with van der Waals surface area (Å²) in [6.07, 6.45) is 1.96. The van der Waals surface area contributed by atoms with Crippen LogP contribution in [0.1, 0.15) is 37.7 Å². The number of piperidine rings is 1. The zero-order valence-corrected chi connectivity index (χ0v) is 14.4. The summed E-state index contributed by atoms with van der Waals surface area (Å²) in [6, 6.07) is 0. The van der Waals surface area contributed by atoms with Crippen LogP contribution in [0.2, 0.25) is 5.02 Å². The van der Waals surface area contributed by atoms with Gasteiger partial charge in [-0.15, -0.1) is 0 Å². The lowest BCUT2D eigenvalue weighted by molar-refractivity contribution is -0.144. The van der Waals surface area contributed by atoms with E-state index >= 15 is 0 Å². The molecule has 0 saturated carbocycles. The monoisotopic (exact) mass is 329 g/mol. The van der Waals surface area contributed by atoms with Crippen molar-refractivity contribution in [2.45, 2.75) is 39.3 Å². The van der Waals surface area contributed by atoms with Gasteiger partial charge in [0.05, 0.1) is 23.4 Å². The molecule has 1 aliphatic rings. The second kappa shape index (κ2) is 6.18. The number of aryl methyl sites for hydroxylation is 1. The van der Waals surface area contributed by atoms with Gasteiger partial charge in [-0.05, 0) is 13.3 Å². The van der Waals surface area contributed by atoms with Crippen LogP contribution in [0.15, 0.2) is 6.20 Å². The number of rotatable bonds is 4. The molecule has 1 saturated heterocycles. The number of amides is 1. The molecule has 2 rings (SSSR count). The number of nitrogens with zero attached hydrogens (tertiary/aromatic N) is 3. The highest BCUT2D eigenvalue weighted by Crippen LogP contribution is 2.39. The van der Waals surface area contributed by atoms with E-state index in [0.717, 1.165) is 0 Å². The molecule has 1 aromatic rings. The average Bonchev–Trinajstić information content (AvgIpc) is 2.82. The fourth-order valence-electron chi connectivity index (χ4n) is 3.01. The lowest BCUT2D eigenvalue weighted by atomic mass is 9.70. The molecule has 1 unspecified atom stereocenters. The third kappa shape index (κ3) is 2.87. The lowest BCUT2D eigenvalue weighted by Gasteiger charge is -2.49. The molecule has 124 valence electrons. The minimum Gasteiger partial charge on any atom is -0.387 e. The summed E-state index contributed by atoms with van der Waals surface area (Å²) < 4.78 is 6.76. The largest absolute Gasteiger partial charge is 0.387 e. The van der Waals surface area contributed by atoms with E-state index in [9.17, 15) is 9.90 Å². The van der Waals surface area contributed by atoms with Crippen LogP contribution < -0.4 is 0 Å². The second-order valence-corrected chi connectivity index (χ2v) is 6.89. The number of likely N-dealkylation sites (tertiary alicyclic amines) is 1. The summed E-state index contributed by atoms with van der Waals surface area (Å²) in [5, 5.41) is 15.3. The van der Waals surface area contributed by atoms with Gasteiger partial charge in [0, 0.05) is 32.2 Å². The summed E-state index contributed by atoms with van der Waals surface area (Å²) in [4.78, 5) is 14.5. The van der Waals surface area contributed by atoms with Crippen molar-refractivity contribution >= 4 is 17.5 Å². The van der Waals surface area contributed by atoms with Gasteiger partial charge in [-0.3, -0.25) is 9.48 Å². The number of aromatic nitrogens is 2. The van der Waals surface area contributed by atoms with Gasteiger partial charge >= 0.3 is 0 Å². The van der Waals surface area contributed by atoms with Crippen molar-refractivity contribution in [2.24, 2.45) is 5.41 Å². The van der Waals surface area contributed by atoms with Crippen LogP contribution in [0.4, 0.5) is 0 Å². The van der Waals surface area contributed by atoms with Crippen LogP contribution in [0, 0.1) is 5.41 Å². The van der Waals surface area contributed by atoms with E-state index in [1.165, 1.54) is 6.20 Å². The molecule has 1 fully saturated rings. The molecular formula is C15H24ClN3O3. The Bertz CT molecular complexity index is 558. The maximum atomic E-state index is 12.8. The molecule has 0 radical (unpaired) electrons. The Morgan fingerprint density at radius 2 is 2.23 bits per heavy atom. The van der Waals surface area contributed by atoms with E-state index < -0.39 is 11.0 Å². The van der Waals surface area contributed by atoms with Crippen molar-refractivity contribution in [1.29, 1.82) is 0 Å². The first-order chi connectivity index (χ1) is 10.3. The molecule has 6 nitrogen and oxygen atoms in total. The molecule has 0 aliphatic carbocycles. The summed E-state index contributed by atoms with van der Waals surface area (Å²) in [7, 11) is 1.57. The molecule has 1 atom stereocenters. The molecule has 1 aromatic heterocycles. The van der Waals surface area contributed by atoms with Crippen molar-refractivity contribution in [3.05, 3.63) is 16.9 Å². The molecular weight excluding hydrogens is 306 g/mol. The van der Waals surface area contributed by atoms with Crippen molar-refractivity contribution in [2.75, 3.05) is 26.8 Å². The number of aliphatic hydroxyl groups is 1. The van der Waals surface area contributed by atoms with Gasteiger partial charge in [0.15, 0.2) is 0 Å². The fraction of sp³-hybridized carbons (Fsp3) is 0.733. The summed E-state index contributed by atoms with van der Waals surface area (Å²) >= 11 is 6.11. The molecule has 2 heterocycles. The Kier molecular flexibility index (Phi) is 4.84. The fourth-order valence-corrected chi connectivity index (χ4v) is 3.23. The Hall–Kier alpha value is -1.11. The highest BCUT2D eigenvalue weighted by Gasteiger charge is 2.49. The first kappa shape index (κ1) is 17.2. The smallest absolute Gasteiger partial charge is 0.273 e. The number of halogens is 1. The summed E-state index contributed by atoms with van der Waals surface area (Å²) in [5.41, 5.74) is -0.995. The van der Waals surface area contributed by atoms with E-state index in [1.54, 1.807) is 16.7 Å². The van der Waals surface area contributed by atoms with Crippen LogP contribution in [0.25, 0.3) is 0 Å². The normalized spacial score (nSPS) is 24.5. The van der Waals surface area contributed by atoms with Crippen molar-refractivity contribution in [3.63, 3.8) is 0 Å². The lowest BCUT2D eigenvalue weighted by Crippen LogP contribution is -2.60. The SMILES string of the molecule is CCn1ncc(Cl)c1C(=O)N1CCC(O)(COC)C(C)(C)C1. The second-order valence-electron chi connectivity index (χ2n) is 6.48. The summed E-state index contributed by atoms with van der Waals surface area (Å²) in [5.74, 6) is -0.142. The van der Waals surface area contributed by atoms with E-state index in [-0.39, 0.29) is 12.5 Å². The maximum absolute atomic E-state index is 12.8. The molecule has 1 amide bonds. The molecule has 22 heavy (non-hydrogen) atoms. The maximum Gasteiger partial charge on any atom is 0.273 e. The van der Waals surface area contributed by atoms with Gasteiger partial charge in [0.25, 0.3) is 5.91 Å². The molecule has 1 N–H and O–H groups in total. The molecule has 7 heteroatoms. The minimum atomic E-state index is -0.937. The predicted octanol–water partition coefficient (Wildman–Crippen LogP) is 1.81. The molecule has 0 bridgehead atoms. The number of ether oxygens (including phenoxy) is 1. The van der Waals surface area contributed by atoms with Crippen molar-refractivity contribution in [1.82, 2.24) is 14.7 Å². The van der Waals surface area contributed by atoms with Crippen LogP contribution in [-0.4, -0.2) is 58.1 Å². The Morgan fingerprint density at radius 1 is 1.55 bits per heavy atom. The standard InChI is InChI=1S/C15H24ClN3O3/c1-5-19-12(11(16)8-17-19)13(20)18-7-6-15(21,10-22-4)14(2,3)9-18/h8,21H,5-7,9-10H2,1-4H3. The molecule has 0 aromatic carbocycles. The third-order valence-electron chi connectivity index (χ3n) is 4.61. The van der Waals surface area contributed by atoms with E-state index in [2.05, 4.69) is 5.10 Å². The highest BCUT2D eigenvalue weighted by atomic mass is 35.5. The van der Waals surface area contributed by atoms with Crippen molar-refractivity contribution in [3.8, 4) is 0 Å². The zero-order chi connectivity index (χ0) is 16.5.